The van der Waals surface area contributed by atoms with Gasteiger partial charge in [0.1, 0.15) is 5.84 Å². The van der Waals surface area contributed by atoms with Crippen LogP contribution in [0.3, 0.4) is 0 Å². The molecule has 26 heavy (non-hydrogen) atoms. The lowest BCUT2D eigenvalue weighted by atomic mass is 10.1. The van der Waals surface area contributed by atoms with Gasteiger partial charge in [0.05, 0.1) is 0 Å². The van der Waals surface area contributed by atoms with Crippen LogP contribution >= 0.6 is 0 Å². The Morgan fingerprint density at radius 3 is 2.27 bits per heavy atom. The second kappa shape index (κ2) is 6.29. The van der Waals surface area contributed by atoms with E-state index in [0.717, 1.165) is 5.56 Å². The zero-order valence-electron chi connectivity index (χ0n) is 13.6. The molecule has 5 nitrogen and oxygen atoms in total. The van der Waals surface area contributed by atoms with Crippen molar-refractivity contribution in [2.45, 2.75) is 18.8 Å². The van der Waals surface area contributed by atoms with Gasteiger partial charge < -0.3 is 10.6 Å². The van der Waals surface area contributed by atoms with Crippen LogP contribution < -0.4 is 10.6 Å². The van der Waals surface area contributed by atoms with Crippen LogP contribution in [0.25, 0.3) is 0 Å². The number of benzene rings is 2. The molecule has 0 fully saturated rings. The Balaban J connectivity index is 2.01. The molecule has 0 saturated heterocycles. The van der Waals surface area contributed by atoms with Crippen LogP contribution in [0.4, 0.5) is 13.2 Å². The van der Waals surface area contributed by atoms with E-state index in [4.69, 9.17) is 0 Å². The summed E-state index contributed by atoms with van der Waals surface area (Å²) in [4.78, 5) is 28.0. The van der Waals surface area contributed by atoms with E-state index < -0.39 is 23.7 Å². The van der Waals surface area contributed by atoms with Crippen LogP contribution in [0.15, 0.2) is 59.6 Å². The van der Waals surface area contributed by atoms with Crippen molar-refractivity contribution in [1.29, 1.82) is 0 Å². The minimum absolute atomic E-state index is 0.0112. The lowest BCUT2D eigenvalue weighted by molar-refractivity contribution is -0.192. The molecule has 0 aliphatic carbocycles. The van der Waals surface area contributed by atoms with Gasteiger partial charge >= 0.3 is 11.8 Å². The number of aliphatic imine (C=N–C) groups is 1. The van der Waals surface area contributed by atoms with E-state index in [0.29, 0.717) is 5.56 Å². The molecule has 0 spiro atoms. The predicted molar refractivity (Wildman–Crippen MR) is 88.6 cm³/mol. The van der Waals surface area contributed by atoms with E-state index in [9.17, 15) is 22.8 Å². The van der Waals surface area contributed by atoms with E-state index >= 15 is 0 Å². The van der Waals surface area contributed by atoms with E-state index in [1.807, 2.05) is 6.92 Å². The zero-order chi connectivity index (χ0) is 18.9. The third kappa shape index (κ3) is 3.05. The van der Waals surface area contributed by atoms with E-state index in [1.165, 1.54) is 24.3 Å². The van der Waals surface area contributed by atoms with Gasteiger partial charge in [-0.2, -0.15) is 13.2 Å². The SMILES string of the molecule is Cc1ccc(C2=NC(NC(=O)c3ccccc3)(C(F)(F)F)C(=O)N2)cc1. The molecule has 0 bridgehead atoms. The maximum Gasteiger partial charge on any atom is 0.442 e. The van der Waals surface area contributed by atoms with Gasteiger partial charge in [0, 0.05) is 11.1 Å². The molecule has 134 valence electrons. The maximum atomic E-state index is 13.7. The average molecular weight is 361 g/mol. The molecule has 2 amide bonds. The molecule has 0 saturated carbocycles. The molecular formula is C18H14F3N3O2. The van der Waals surface area contributed by atoms with Crippen LogP contribution in [0.2, 0.25) is 0 Å². The standard InChI is InChI=1S/C18H14F3N3O2/c1-11-7-9-12(10-8-11)14-22-16(26)17(23-14,18(19,20)21)24-15(25)13-5-3-2-4-6-13/h2-10H,1H3,(H,24,25)(H,22,23,26). The van der Waals surface area contributed by atoms with Gasteiger partial charge in [-0.25, -0.2) is 4.99 Å². The quantitative estimate of drug-likeness (QED) is 0.882. The van der Waals surface area contributed by atoms with E-state index in [-0.39, 0.29) is 11.4 Å². The lowest BCUT2D eigenvalue weighted by Crippen LogP contribution is -2.63. The number of amidine groups is 1. The van der Waals surface area contributed by atoms with E-state index in [1.54, 1.807) is 35.6 Å². The number of carbonyl (C=O) groups is 2. The molecule has 0 aromatic heterocycles. The molecule has 8 heteroatoms. The number of carbonyl (C=O) groups excluding carboxylic acids is 2. The Morgan fingerprint density at radius 1 is 1.08 bits per heavy atom. The summed E-state index contributed by atoms with van der Waals surface area (Å²) in [5.41, 5.74) is -2.18. The Morgan fingerprint density at radius 2 is 1.69 bits per heavy atom. The maximum absolute atomic E-state index is 13.7. The highest BCUT2D eigenvalue weighted by Crippen LogP contribution is 2.35. The Kier molecular flexibility index (Phi) is 4.27. The normalized spacial score (nSPS) is 19.7. The Hall–Kier alpha value is -3.16. The van der Waals surface area contributed by atoms with Gasteiger partial charge in [-0.1, -0.05) is 48.0 Å². The first-order valence-electron chi connectivity index (χ1n) is 7.65. The van der Waals surface area contributed by atoms with Crippen molar-refractivity contribution in [2.24, 2.45) is 4.99 Å². The first-order chi connectivity index (χ1) is 12.2. The van der Waals surface area contributed by atoms with Gasteiger partial charge in [0.2, 0.25) is 0 Å². The van der Waals surface area contributed by atoms with E-state index in [2.05, 4.69) is 10.3 Å². The second-order valence-electron chi connectivity index (χ2n) is 5.81. The fraction of sp³-hybridized carbons (Fsp3) is 0.167. The summed E-state index contributed by atoms with van der Waals surface area (Å²) in [6.07, 6.45) is -5.12. The predicted octanol–water partition coefficient (Wildman–Crippen LogP) is 2.56. The summed E-state index contributed by atoms with van der Waals surface area (Å²) >= 11 is 0. The Labute approximate surface area is 146 Å². The molecule has 0 radical (unpaired) electrons. The molecular weight excluding hydrogens is 347 g/mol. The lowest BCUT2D eigenvalue weighted by Gasteiger charge is -2.27. The monoisotopic (exact) mass is 361 g/mol. The van der Waals surface area contributed by atoms with Crippen molar-refractivity contribution in [3.63, 3.8) is 0 Å². The van der Waals surface area contributed by atoms with Gasteiger partial charge in [-0.05, 0) is 19.1 Å². The average Bonchev–Trinajstić information content (AvgIpc) is 2.94. The minimum Gasteiger partial charge on any atom is -0.312 e. The third-order valence-electron chi connectivity index (χ3n) is 3.91. The molecule has 3 rings (SSSR count). The van der Waals surface area contributed by atoms with Crippen molar-refractivity contribution in [3.05, 3.63) is 71.3 Å². The number of rotatable bonds is 3. The highest BCUT2D eigenvalue weighted by molar-refractivity contribution is 6.16. The third-order valence-corrected chi connectivity index (χ3v) is 3.91. The molecule has 1 atom stereocenters. The smallest absolute Gasteiger partial charge is 0.312 e. The van der Waals surface area contributed by atoms with Crippen molar-refractivity contribution in [1.82, 2.24) is 10.6 Å². The summed E-state index contributed by atoms with van der Waals surface area (Å²) in [6.45, 7) is 1.82. The highest BCUT2D eigenvalue weighted by atomic mass is 19.4. The topological polar surface area (TPSA) is 70.6 Å². The number of aryl methyl sites for hydroxylation is 1. The number of amides is 2. The first kappa shape index (κ1) is 17.7. The summed E-state index contributed by atoms with van der Waals surface area (Å²) in [5, 5.41) is 3.87. The summed E-state index contributed by atoms with van der Waals surface area (Å²) in [6, 6.07) is 13.8. The van der Waals surface area contributed by atoms with Gasteiger partial charge in [-0.3, -0.25) is 9.59 Å². The molecule has 2 aromatic rings. The largest absolute Gasteiger partial charge is 0.442 e. The van der Waals surface area contributed by atoms with Gasteiger partial charge in [0.25, 0.3) is 11.8 Å². The van der Waals surface area contributed by atoms with Crippen molar-refractivity contribution >= 4 is 17.6 Å². The number of hydrogen-bond acceptors (Lipinski definition) is 3. The van der Waals surface area contributed by atoms with Crippen LogP contribution in [0.1, 0.15) is 21.5 Å². The molecule has 2 aromatic carbocycles. The van der Waals surface area contributed by atoms with Crippen LogP contribution in [-0.2, 0) is 4.79 Å². The minimum atomic E-state index is -5.12. The highest BCUT2D eigenvalue weighted by Gasteiger charge is 2.65. The second-order valence-corrected chi connectivity index (χ2v) is 5.81. The Bertz CT molecular complexity index is 877. The number of alkyl halides is 3. The zero-order valence-corrected chi connectivity index (χ0v) is 13.6. The number of nitrogens with one attached hydrogen (secondary N) is 2. The summed E-state index contributed by atoms with van der Waals surface area (Å²) < 4.78 is 41.1. The molecule has 1 unspecified atom stereocenters. The summed E-state index contributed by atoms with van der Waals surface area (Å²) in [5.74, 6) is -2.75. The van der Waals surface area contributed by atoms with Gasteiger partial charge in [0.15, 0.2) is 0 Å². The number of halogens is 3. The van der Waals surface area contributed by atoms with Crippen LogP contribution in [0, 0.1) is 6.92 Å². The molecule has 1 aliphatic heterocycles. The summed E-state index contributed by atoms with van der Waals surface area (Å²) in [7, 11) is 0. The van der Waals surface area contributed by atoms with Crippen molar-refractivity contribution < 1.29 is 22.8 Å². The number of hydrogen-bond donors (Lipinski definition) is 2. The van der Waals surface area contributed by atoms with Crippen LogP contribution in [-0.4, -0.2) is 29.5 Å². The molecule has 2 N–H and O–H groups in total. The van der Waals surface area contributed by atoms with Crippen molar-refractivity contribution in [3.8, 4) is 0 Å². The molecule has 1 heterocycles. The first-order valence-corrected chi connectivity index (χ1v) is 7.65. The fourth-order valence-electron chi connectivity index (χ4n) is 2.47. The van der Waals surface area contributed by atoms with Gasteiger partial charge in [-0.15, -0.1) is 0 Å². The fourth-order valence-corrected chi connectivity index (χ4v) is 2.47. The van der Waals surface area contributed by atoms with Crippen molar-refractivity contribution in [2.75, 3.05) is 0 Å². The van der Waals surface area contributed by atoms with Crippen LogP contribution in [0.5, 0.6) is 0 Å². The molecule has 1 aliphatic rings. The number of nitrogens with zero attached hydrogens (tertiary/aromatic N) is 1.